The summed E-state index contributed by atoms with van der Waals surface area (Å²) in [5.74, 6) is -0.0273. The molecule has 0 aliphatic rings. The number of aromatic nitrogens is 1. The molecule has 0 saturated carbocycles. The van der Waals surface area contributed by atoms with Gasteiger partial charge >= 0.3 is 0 Å². The first-order chi connectivity index (χ1) is 12.1. The van der Waals surface area contributed by atoms with Gasteiger partial charge in [-0.3, -0.25) is 9.59 Å². The summed E-state index contributed by atoms with van der Waals surface area (Å²) in [7, 11) is 1.79. The Labute approximate surface area is 154 Å². The Morgan fingerprint density at radius 1 is 1.24 bits per heavy atom. The number of fused-ring (bicyclic) bond motifs is 1. The lowest BCUT2D eigenvalue weighted by atomic mass is 10.2. The Morgan fingerprint density at radius 3 is 2.84 bits per heavy atom. The number of amides is 2. The van der Waals surface area contributed by atoms with Crippen molar-refractivity contribution in [3.8, 4) is 0 Å². The molecule has 0 fully saturated rings. The van der Waals surface area contributed by atoms with E-state index in [-0.39, 0.29) is 11.8 Å². The molecule has 1 aromatic carbocycles. The van der Waals surface area contributed by atoms with E-state index in [9.17, 15) is 9.59 Å². The lowest BCUT2D eigenvalue weighted by Gasteiger charge is -2.15. The SMILES string of the molecule is CN(Cc1nc2ccccc2s1)C(=O)CCCNC(=O)c1ccsc1. The summed E-state index contributed by atoms with van der Waals surface area (Å²) < 4.78 is 1.13. The van der Waals surface area contributed by atoms with E-state index in [2.05, 4.69) is 10.3 Å². The molecule has 0 bridgehead atoms. The number of thiophene rings is 1. The molecule has 0 saturated heterocycles. The van der Waals surface area contributed by atoms with Crippen LogP contribution >= 0.6 is 22.7 Å². The van der Waals surface area contributed by atoms with E-state index in [0.717, 1.165) is 15.2 Å². The maximum absolute atomic E-state index is 12.2. The van der Waals surface area contributed by atoms with Crippen molar-refractivity contribution in [2.24, 2.45) is 0 Å². The van der Waals surface area contributed by atoms with E-state index in [0.29, 0.717) is 31.5 Å². The number of para-hydroxylation sites is 1. The van der Waals surface area contributed by atoms with Crippen LogP contribution in [-0.2, 0) is 11.3 Å². The Hall–Kier alpha value is -2.25. The van der Waals surface area contributed by atoms with Crippen LogP contribution in [-0.4, -0.2) is 35.3 Å². The molecule has 2 amide bonds. The minimum atomic E-state index is -0.0865. The van der Waals surface area contributed by atoms with Crippen LogP contribution in [0.3, 0.4) is 0 Å². The van der Waals surface area contributed by atoms with Gasteiger partial charge in [-0.2, -0.15) is 11.3 Å². The third-order valence-electron chi connectivity index (χ3n) is 3.77. The average Bonchev–Trinajstić information content (AvgIpc) is 3.27. The fourth-order valence-corrected chi connectivity index (χ4v) is 4.06. The molecule has 0 atom stereocenters. The third-order valence-corrected chi connectivity index (χ3v) is 5.48. The predicted octanol–water partition coefficient (Wildman–Crippen LogP) is 3.53. The molecule has 1 N–H and O–H groups in total. The van der Waals surface area contributed by atoms with Crippen LogP contribution in [0.15, 0.2) is 41.1 Å². The highest BCUT2D eigenvalue weighted by molar-refractivity contribution is 7.18. The maximum Gasteiger partial charge on any atom is 0.252 e. The first-order valence-corrected chi connectivity index (χ1v) is 9.78. The molecule has 0 radical (unpaired) electrons. The van der Waals surface area contributed by atoms with Gasteiger partial charge < -0.3 is 10.2 Å². The monoisotopic (exact) mass is 373 g/mol. The Bertz CT molecular complexity index is 825. The normalized spacial score (nSPS) is 10.8. The Kier molecular flexibility index (Phi) is 5.78. The van der Waals surface area contributed by atoms with Gasteiger partial charge in [0.15, 0.2) is 0 Å². The molecule has 25 heavy (non-hydrogen) atoms. The summed E-state index contributed by atoms with van der Waals surface area (Å²) in [4.78, 5) is 30.3. The molecule has 130 valence electrons. The van der Waals surface area contributed by atoms with E-state index < -0.39 is 0 Å². The van der Waals surface area contributed by atoms with Crippen molar-refractivity contribution in [2.45, 2.75) is 19.4 Å². The van der Waals surface area contributed by atoms with Crippen LogP contribution in [0.2, 0.25) is 0 Å². The summed E-state index contributed by atoms with van der Waals surface area (Å²) in [6.07, 6.45) is 1.03. The van der Waals surface area contributed by atoms with E-state index >= 15 is 0 Å². The maximum atomic E-state index is 12.2. The van der Waals surface area contributed by atoms with E-state index in [4.69, 9.17) is 0 Å². The molecular weight excluding hydrogens is 354 g/mol. The largest absolute Gasteiger partial charge is 0.352 e. The number of benzene rings is 1. The molecule has 0 aliphatic carbocycles. The van der Waals surface area contributed by atoms with Crippen molar-refractivity contribution in [3.63, 3.8) is 0 Å². The molecule has 0 unspecified atom stereocenters. The molecule has 0 spiro atoms. The van der Waals surface area contributed by atoms with Crippen molar-refractivity contribution in [1.82, 2.24) is 15.2 Å². The fourth-order valence-electron chi connectivity index (χ4n) is 2.41. The summed E-state index contributed by atoms with van der Waals surface area (Å²) >= 11 is 3.10. The molecule has 7 heteroatoms. The minimum Gasteiger partial charge on any atom is -0.352 e. The van der Waals surface area contributed by atoms with Crippen LogP contribution < -0.4 is 5.32 Å². The van der Waals surface area contributed by atoms with Crippen molar-refractivity contribution in [1.29, 1.82) is 0 Å². The van der Waals surface area contributed by atoms with Gasteiger partial charge in [0.1, 0.15) is 5.01 Å². The number of hydrogen-bond acceptors (Lipinski definition) is 5. The average molecular weight is 374 g/mol. The van der Waals surface area contributed by atoms with Gasteiger partial charge in [0.2, 0.25) is 5.91 Å². The zero-order chi connectivity index (χ0) is 17.6. The summed E-state index contributed by atoms with van der Waals surface area (Å²) in [5, 5.41) is 7.45. The zero-order valence-electron chi connectivity index (χ0n) is 13.9. The highest BCUT2D eigenvalue weighted by atomic mass is 32.1. The van der Waals surface area contributed by atoms with Crippen LogP contribution in [0.4, 0.5) is 0 Å². The van der Waals surface area contributed by atoms with Gasteiger partial charge in [0.05, 0.1) is 16.8 Å². The van der Waals surface area contributed by atoms with Crippen LogP contribution in [0, 0.1) is 0 Å². The molecule has 2 aromatic heterocycles. The van der Waals surface area contributed by atoms with Crippen LogP contribution in [0.1, 0.15) is 28.2 Å². The first-order valence-electron chi connectivity index (χ1n) is 8.02. The minimum absolute atomic E-state index is 0.0593. The lowest BCUT2D eigenvalue weighted by molar-refractivity contribution is -0.130. The molecule has 0 aliphatic heterocycles. The summed E-state index contributed by atoms with van der Waals surface area (Å²) in [6.45, 7) is 1.01. The second kappa shape index (κ2) is 8.22. The smallest absolute Gasteiger partial charge is 0.252 e. The molecule has 2 heterocycles. The molecule has 3 rings (SSSR count). The standard InChI is InChI=1S/C18H19N3O2S2/c1-21(11-16-20-14-5-2-3-6-15(14)25-16)17(22)7-4-9-19-18(23)13-8-10-24-12-13/h2-3,5-6,8,10,12H,4,7,9,11H2,1H3,(H,19,23). The number of rotatable bonds is 7. The van der Waals surface area contributed by atoms with E-state index in [1.807, 2.05) is 35.0 Å². The Balaban J connectivity index is 1.42. The first kappa shape index (κ1) is 17.6. The topological polar surface area (TPSA) is 62.3 Å². The van der Waals surface area contributed by atoms with Gasteiger partial charge in [-0.1, -0.05) is 12.1 Å². The van der Waals surface area contributed by atoms with E-state index in [1.165, 1.54) is 11.3 Å². The third kappa shape index (κ3) is 4.64. The van der Waals surface area contributed by atoms with E-state index in [1.54, 1.807) is 29.4 Å². The zero-order valence-corrected chi connectivity index (χ0v) is 15.5. The highest BCUT2D eigenvalue weighted by Gasteiger charge is 2.12. The van der Waals surface area contributed by atoms with Crippen LogP contribution in [0.25, 0.3) is 10.2 Å². The van der Waals surface area contributed by atoms with Gasteiger partial charge in [-0.25, -0.2) is 4.98 Å². The number of hydrogen-bond donors (Lipinski definition) is 1. The summed E-state index contributed by atoms with van der Waals surface area (Å²) in [5.41, 5.74) is 1.64. The number of nitrogens with zero attached hydrogens (tertiary/aromatic N) is 2. The highest BCUT2D eigenvalue weighted by Crippen LogP contribution is 2.22. The number of nitrogens with one attached hydrogen (secondary N) is 1. The Morgan fingerprint density at radius 2 is 2.08 bits per heavy atom. The quantitative estimate of drug-likeness (QED) is 0.645. The summed E-state index contributed by atoms with van der Waals surface area (Å²) in [6, 6.07) is 9.76. The van der Waals surface area contributed by atoms with Crippen molar-refractivity contribution in [3.05, 3.63) is 51.7 Å². The van der Waals surface area contributed by atoms with Crippen LogP contribution in [0.5, 0.6) is 0 Å². The fraction of sp³-hybridized carbons (Fsp3) is 0.278. The number of thiazole rings is 1. The van der Waals surface area contributed by atoms with Crippen molar-refractivity contribution < 1.29 is 9.59 Å². The number of carbonyl (C=O) groups is 2. The van der Waals surface area contributed by atoms with Crippen molar-refractivity contribution in [2.75, 3.05) is 13.6 Å². The van der Waals surface area contributed by atoms with Crippen molar-refractivity contribution >= 4 is 44.7 Å². The van der Waals surface area contributed by atoms with Gasteiger partial charge in [-0.05, 0) is 30.0 Å². The molecule has 3 aromatic rings. The number of carbonyl (C=O) groups excluding carboxylic acids is 2. The molecular formula is C18H19N3O2S2. The van der Waals surface area contributed by atoms with Gasteiger partial charge in [0, 0.05) is 31.0 Å². The van der Waals surface area contributed by atoms with Gasteiger partial charge in [-0.15, -0.1) is 11.3 Å². The second-order valence-corrected chi connectivity index (χ2v) is 7.59. The second-order valence-electron chi connectivity index (χ2n) is 5.70. The predicted molar refractivity (Wildman–Crippen MR) is 102 cm³/mol. The lowest BCUT2D eigenvalue weighted by Crippen LogP contribution is -2.28. The van der Waals surface area contributed by atoms with Gasteiger partial charge in [0.25, 0.3) is 5.91 Å². The molecule has 5 nitrogen and oxygen atoms in total.